The summed E-state index contributed by atoms with van der Waals surface area (Å²) in [6.07, 6.45) is 0. The maximum atomic E-state index is 12.0. The second-order valence-corrected chi connectivity index (χ2v) is 4.11. The molecular formula is C15H12N2O2. The summed E-state index contributed by atoms with van der Waals surface area (Å²) in [5.41, 5.74) is 1.90. The molecule has 1 amide bonds. The Kier molecular flexibility index (Phi) is 3.48. The molecule has 0 saturated heterocycles. The minimum absolute atomic E-state index is 0.0706. The quantitative estimate of drug-likeness (QED) is 0.863. The van der Waals surface area contributed by atoms with Crippen molar-refractivity contribution in [1.29, 1.82) is 5.26 Å². The Bertz CT molecular complexity index is 672. The van der Waals surface area contributed by atoms with Crippen molar-refractivity contribution in [2.24, 2.45) is 0 Å². The van der Waals surface area contributed by atoms with Crippen molar-refractivity contribution in [2.45, 2.75) is 6.92 Å². The molecule has 2 rings (SSSR count). The molecule has 0 fully saturated rings. The highest BCUT2D eigenvalue weighted by atomic mass is 16.3. The van der Waals surface area contributed by atoms with Crippen LogP contribution in [0.5, 0.6) is 5.75 Å². The van der Waals surface area contributed by atoms with E-state index in [-0.39, 0.29) is 11.7 Å². The van der Waals surface area contributed by atoms with Gasteiger partial charge in [0.1, 0.15) is 11.8 Å². The maximum absolute atomic E-state index is 12.0. The van der Waals surface area contributed by atoms with Gasteiger partial charge in [-0.2, -0.15) is 5.26 Å². The van der Waals surface area contributed by atoms with E-state index in [4.69, 9.17) is 5.26 Å². The van der Waals surface area contributed by atoms with Gasteiger partial charge in [0.25, 0.3) is 5.91 Å². The van der Waals surface area contributed by atoms with Crippen molar-refractivity contribution in [3.8, 4) is 11.8 Å². The van der Waals surface area contributed by atoms with E-state index in [0.717, 1.165) is 0 Å². The average Bonchev–Trinajstić information content (AvgIpc) is 2.42. The van der Waals surface area contributed by atoms with Crippen molar-refractivity contribution < 1.29 is 9.90 Å². The highest BCUT2D eigenvalue weighted by Crippen LogP contribution is 2.19. The molecule has 2 aromatic rings. The number of nitrogens with one attached hydrogen (secondary N) is 1. The van der Waals surface area contributed by atoms with Crippen LogP contribution in [-0.2, 0) is 0 Å². The highest BCUT2D eigenvalue weighted by Gasteiger charge is 2.10. The van der Waals surface area contributed by atoms with Gasteiger partial charge in [-0.3, -0.25) is 4.79 Å². The molecule has 19 heavy (non-hydrogen) atoms. The molecule has 4 heteroatoms. The van der Waals surface area contributed by atoms with E-state index in [1.54, 1.807) is 43.3 Å². The highest BCUT2D eigenvalue weighted by molar-refractivity contribution is 6.05. The van der Waals surface area contributed by atoms with Crippen LogP contribution in [0.15, 0.2) is 42.5 Å². The van der Waals surface area contributed by atoms with Crippen LogP contribution < -0.4 is 5.32 Å². The molecule has 0 saturated carbocycles. The van der Waals surface area contributed by atoms with Gasteiger partial charge in [0, 0.05) is 5.56 Å². The molecule has 0 aliphatic carbocycles. The Morgan fingerprint density at radius 2 is 2.00 bits per heavy atom. The number of rotatable bonds is 2. The number of nitriles is 1. The number of hydrogen-bond acceptors (Lipinski definition) is 3. The number of aryl methyl sites for hydroxylation is 1. The van der Waals surface area contributed by atoms with Crippen LogP contribution >= 0.6 is 0 Å². The van der Waals surface area contributed by atoms with E-state index in [0.29, 0.717) is 22.4 Å². The number of carbonyl (C=O) groups excluding carboxylic acids is 1. The second kappa shape index (κ2) is 5.23. The SMILES string of the molecule is Cc1ccc(C(=O)Nc2ccccc2C#N)cc1O. The topological polar surface area (TPSA) is 73.1 Å². The first-order valence-electron chi connectivity index (χ1n) is 5.72. The lowest BCUT2D eigenvalue weighted by molar-refractivity contribution is 0.102. The fourth-order valence-corrected chi connectivity index (χ4v) is 1.63. The van der Waals surface area contributed by atoms with E-state index in [2.05, 4.69) is 5.32 Å². The van der Waals surface area contributed by atoms with Gasteiger partial charge in [-0.15, -0.1) is 0 Å². The minimum atomic E-state index is -0.363. The normalized spacial score (nSPS) is 9.68. The smallest absolute Gasteiger partial charge is 0.255 e. The van der Waals surface area contributed by atoms with Gasteiger partial charge >= 0.3 is 0 Å². The van der Waals surface area contributed by atoms with E-state index < -0.39 is 0 Å². The molecule has 0 atom stereocenters. The minimum Gasteiger partial charge on any atom is -0.508 e. The fourth-order valence-electron chi connectivity index (χ4n) is 1.63. The Hall–Kier alpha value is -2.80. The Morgan fingerprint density at radius 1 is 1.26 bits per heavy atom. The van der Waals surface area contributed by atoms with E-state index in [1.807, 2.05) is 6.07 Å². The number of amides is 1. The summed E-state index contributed by atoms with van der Waals surface area (Å²) in [7, 11) is 0. The van der Waals surface area contributed by atoms with Crippen LogP contribution in [0.25, 0.3) is 0 Å². The molecular weight excluding hydrogens is 240 g/mol. The van der Waals surface area contributed by atoms with Gasteiger partial charge in [0.15, 0.2) is 0 Å². The summed E-state index contributed by atoms with van der Waals surface area (Å²) < 4.78 is 0. The predicted octanol–water partition coefficient (Wildman–Crippen LogP) is 2.82. The summed E-state index contributed by atoms with van der Waals surface area (Å²) in [6, 6.07) is 13.5. The number of aromatic hydroxyl groups is 1. The summed E-state index contributed by atoms with van der Waals surface area (Å²) in [6.45, 7) is 1.75. The monoisotopic (exact) mass is 252 g/mol. The zero-order valence-electron chi connectivity index (χ0n) is 10.3. The van der Waals surface area contributed by atoms with Crippen molar-refractivity contribution in [1.82, 2.24) is 0 Å². The zero-order chi connectivity index (χ0) is 13.8. The molecule has 0 bridgehead atoms. The Labute approximate surface area is 110 Å². The Morgan fingerprint density at radius 3 is 2.68 bits per heavy atom. The van der Waals surface area contributed by atoms with Gasteiger partial charge in [0.2, 0.25) is 0 Å². The van der Waals surface area contributed by atoms with Gasteiger partial charge in [-0.25, -0.2) is 0 Å². The van der Waals surface area contributed by atoms with E-state index >= 15 is 0 Å². The lowest BCUT2D eigenvalue weighted by Gasteiger charge is -2.07. The molecule has 0 spiro atoms. The van der Waals surface area contributed by atoms with Gasteiger partial charge in [0.05, 0.1) is 11.3 Å². The third-order valence-electron chi connectivity index (χ3n) is 2.77. The largest absolute Gasteiger partial charge is 0.508 e. The molecule has 0 unspecified atom stereocenters. The number of phenols is 1. The van der Waals surface area contributed by atoms with Gasteiger partial charge in [-0.1, -0.05) is 18.2 Å². The van der Waals surface area contributed by atoms with Crippen molar-refractivity contribution in [2.75, 3.05) is 5.32 Å². The van der Waals surface area contributed by atoms with Crippen molar-refractivity contribution >= 4 is 11.6 Å². The molecule has 94 valence electrons. The zero-order valence-corrected chi connectivity index (χ0v) is 10.3. The van der Waals surface area contributed by atoms with Crippen LogP contribution in [-0.4, -0.2) is 11.0 Å². The summed E-state index contributed by atoms with van der Waals surface area (Å²) >= 11 is 0. The standard InChI is InChI=1S/C15H12N2O2/c1-10-6-7-11(8-14(10)18)15(19)17-13-5-3-2-4-12(13)9-16/h2-8,18H,1H3,(H,17,19). The van der Waals surface area contributed by atoms with E-state index in [9.17, 15) is 9.90 Å². The number of para-hydroxylation sites is 1. The number of anilines is 1. The number of benzene rings is 2. The third-order valence-corrected chi connectivity index (χ3v) is 2.77. The summed E-state index contributed by atoms with van der Waals surface area (Å²) in [4.78, 5) is 12.0. The van der Waals surface area contributed by atoms with Crippen LogP contribution in [0.1, 0.15) is 21.5 Å². The lowest BCUT2D eigenvalue weighted by atomic mass is 10.1. The number of hydrogen-bond donors (Lipinski definition) is 2. The average molecular weight is 252 g/mol. The lowest BCUT2D eigenvalue weighted by Crippen LogP contribution is -2.12. The molecule has 2 N–H and O–H groups in total. The summed E-state index contributed by atoms with van der Waals surface area (Å²) in [5.74, 6) is -0.292. The second-order valence-electron chi connectivity index (χ2n) is 4.11. The number of nitrogens with zero attached hydrogens (tertiary/aromatic N) is 1. The predicted molar refractivity (Wildman–Crippen MR) is 72.0 cm³/mol. The van der Waals surface area contributed by atoms with Gasteiger partial charge in [-0.05, 0) is 36.8 Å². The maximum Gasteiger partial charge on any atom is 0.255 e. The van der Waals surface area contributed by atoms with Crippen LogP contribution in [0.4, 0.5) is 5.69 Å². The molecule has 0 aliphatic rings. The molecule has 2 aromatic carbocycles. The number of phenolic OH excluding ortho intramolecular Hbond substituents is 1. The third kappa shape index (κ3) is 2.72. The fraction of sp³-hybridized carbons (Fsp3) is 0.0667. The number of carbonyl (C=O) groups is 1. The molecule has 0 aliphatic heterocycles. The van der Waals surface area contributed by atoms with Crippen molar-refractivity contribution in [3.63, 3.8) is 0 Å². The first-order chi connectivity index (χ1) is 9.11. The van der Waals surface area contributed by atoms with Crippen molar-refractivity contribution in [3.05, 3.63) is 59.2 Å². The molecule has 0 heterocycles. The van der Waals surface area contributed by atoms with Gasteiger partial charge < -0.3 is 10.4 Å². The Balaban J connectivity index is 2.26. The first-order valence-corrected chi connectivity index (χ1v) is 5.72. The van der Waals surface area contributed by atoms with Crippen LogP contribution in [0, 0.1) is 18.3 Å². The van der Waals surface area contributed by atoms with Crippen LogP contribution in [0.2, 0.25) is 0 Å². The first kappa shape index (κ1) is 12.7. The molecule has 0 aromatic heterocycles. The van der Waals surface area contributed by atoms with E-state index in [1.165, 1.54) is 6.07 Å². The molecule has 4 nitrogen and oxygen atoms in total. The van der Waals surface area contributed by atoms with Crippen LogP contribution in [0.3, 0.4) is 0 Å². The molecule has 0 radical (unpaired) electrons. The summed E-state index contributed by atoms with van der Waals surface area (Å²) in [5, 5.41) is 21.2.